The van der Waals surface area contributed by atoms with Crippen molar-refractivity contribution in [2.24, 2.45) is 5.73 Å². The molecule has 0 saturated heterocycles. The average Bonchev–Trinajstić information content (AvgIpc) is 2.18. The van der Waals surface area contributed by atoms with Crippen molar-refractivity contribution in [1.82, 2.24) is 0 Å². The third kappa shape index (κ3) is 2.15. The topological polar surface area (TPSA) is 26.0 Å². The molecule has 0 heterocycles. The number of rotatable bonds is 3. The fraction of sp³-hybridized carbons (Fsp3) is 0.455. The molecule has 4 heteroatoms. The number of hydrogen-bond donors (Lipinski definition) is 1. The Bertz CT molecular complexity index is 330. The summed E-state index contributed by atoms with van der Waals surface area (Å²) in [6.45, 7) is 2.07. The molecule has 84 valence electrons. The minimum Gasteiger partial charge on any atom is -0.325 e. The first-order valence-corrected chi connectivity index (χ1v) is 4.65. The molecule has 0 saturated carbocycles. The van der Waals surface area contributed by atoms with Crippen molar-refractivity contribution in [3.8, 4) is 0 Å². The van der Waals surface area contributed by atoms with E-state index in [2.05, 4.69) is 0 Å². The van der Waals surface area contributed by atoms with Crippen LogP contribution in [-0.4, -0.2) is 12.5 Å². The molecule has 0 fully saturated rings. The minimum absolute atomic E-state index is 0.374. The summed E-state index contributed by atoms with van der Waals surface area (Å²) in [5, 5.41) is 0. The quantitative estimate of drug-likeness (QED) is 0.827. The molecule has 0 atom stereocenters. The molecule has 0 spiro atoms. The molecule has 0 radical (unpaired) electrons. The molecule has 1 aromatic rings. The molecule has 0 aliphatic heterocycles. The van der Waals surface area contributed by atoms with Crippen LogP contribution in [0.25, 0.3) is 0 Å². The lowest BCUT2D eigenvalue weighted by atomic mass is 9.78. The summed E-state index contributed by atoms with van der Waals surface area (Å²) >= 11 is 0. The fourth-order valence-corrected chi connectivity index (χ4v) is 1.33. The molecule has 15 heavy (non-hydrogen) atoms. The largest absolute Gasteiger partial charge is 0.325 e. The number of benzene rings is 1. The monoisotopic (exact) mass is 217 g/mol. The summed E-state index contributed by atoms with van der Waals surface area (Å²) in [5.74, 6) is -3.45. The number of hydrogen-bond acceptors (Lipinski definition) is 1. The van der Waals surface area contributed by atoms with Gasteiger partial charge in [-0.15, -0.1) is 0 Å². The maximum atomic E-state index is 13.5. The van der Waals surface area contributed by atoms with Crippen LogP contribution in [0.15, 0.2) is 24.3 Å². The average molecular weight is 217 g/mol. The van der Waals surface area contributed by atoms with Crippen molar-refractivity contribution in [2.75, 3.05) is 6.54 Å². The van der Waals surface area contributed by atoms with Crippen molar-refractivity contribution >= 4 is 0 Å². The van der Waals surface area contributed by atoms with Crippen molar-refractivity contribution in [2.45, 2.75) is 25.2 Å². The van der Waals surface area contributed by atoms with Crippen LogP contribution >= 0.6 is 0 Å². The van der Waals surface area contributed by atoms with E-state index in [4.69, 9.17) is 5.73 Å². The Hall–Kier alpha value is -1.03. The Morgan fingerprint density at radius 1 is 1.13 bits per heavy atom. The van der Waals surface area contributed by atoms with Gasteiger partial charge in [0.05, 0.1) is 12.0 Å². The van der Waals surface area contributed by atoms with Gasteiger partial charge in [-0.3, -0.25) is 0 Å². The standard InChI is InChI=1S/C11H14F3N/c1-10(2,11(13,14)7-15)8-3-5-9(12)6-4-8/h3-6H,7,15H2,1-2H3. The highest BCUT2D eigenvalue weighted by atomic mass is 19.3. The van der Waals surface area contributed by atoms with Crippen LogP contribution in [0.3, 0.4) is 0 Å². The van der Waals surface area contributed by atoms with Crippen LogP contribution < -0.4 is 5.73 Å². The molecular weight excluding hydrogens is 203 g/mol. The molecule has 1 nitrogen and oxygen atoms in total. The van der Waals surface area contributed by atoms with Gasteiger partial charge in [0.15, 0.2) is 0 Å². The lowest BCUT2D eigenvalue weighted by Gasteiger charge is -2.33. The van der Waals surface area contributed by atoms with Crippen LogP contribution in [0.5, 0.6) is 0 Å². The molecule has 0 unspecified atom stereocenters. The third-order valence-electron chi connectivity index (χ3n) is 2.74. The van der Waals surface area contributed by atoms with Gasteiger partial charge in [-0.05, 0) is 31.5 Å². The minimum atomic E-state index is -3.01. The molecule has 1 rings (SSSR count). The first-order valence-electron chi connectivity index (χ1n) is 4.65. The molecule has 1 aromatic carbocycles. The van der Waals surface area contributed by atoms with Crippen molar-refractivity contribution in [3.63, 3.8) is 0 Å². The van der Waals surface area contributed by atoms with E-state index in [0.29, 0.717) is 5.56 Å². The first-order chi connectivity index (χ1) is 6.81. The van der Waals surface area contributed by atoms with E-state index < -0.39 is 23.7 Å². The van der Waals surface area contributed by atoms with Crippen LogP contribution in [0.2, 0.25) is 0 Å². The van der Waals surface area contributed by atoms with E-state index in [0.717, 1.165) is 0 Å². The van der Waals surface area contributed by atoms with Crippen molar-refractivity contribution in [1.29, 1.82) is 0 Å². The predicted molar refractivity (Wildman–Crippen MR) is 53.4 cm³/mol. The summed E-state index contributed by atoms with van der Waals surface area (Å²) in [5.41, 5.74) is 4.02. The van der Waals surface area contributed by atoms with E-state index in [1.807, 2.05) is 0 Å². The lowest BCUT2D eigenvalue weighted by Crippen LogP contribution is -2.46. The maximum Gasteiger partial charge on any atom is 0.269 e. The molecule has 0 aliphatic rings. The summed E-state index contributed by atoms with van der Waals surface area (Å²) < 4.78 is 39.6. The van der Waals surface area contributed by atoms with Gasteiger partial charge >= 0.3 is 0 Å². The fourth-order valence-electron chi connectivity index (χ4n) is 1.33. The number of nitrogens with two attached hydrogens (primary N) is 1. The molecule has 0 amide bonds. The number of alkyl halides is 2. The van der Waals surface area contributed by atoms with E-state index in [-0.39, 0.29) is 0 Å². The molecule has 2 N–H and O–H groups in total. The SMILES string of the molecule is CC(C)(c1ccc(F)cc1)C(F)(F)CN. The highest BCUT2D eigenvalue weighted by Crippen LogP contribution is 2.38. The van der Waals surface area contributed by atoms with Gasteiger partial charge in [0.2, 0.25) is 0 Å². The van der Waals surface area contributed by atoms with Gasteiger partial charge in [0.1, 0.15) is 5.82 Å². The van der Waals surface area contributed by atoms with E-state index in [9.17, 15) is 13.2 Å². The summed E-state index contributed by atoms with van der Waals surface area (Å²) in [4.78, 5) is 0. The third-order valence-corrected chi connectivity index (χ3v) is 2.74. The van der Waals surface area contributed by atoms with Gasteiger partial charge in [-0.25, -0.2) is 13.2 Å². The van der Waals surface area contributed by atoms with E-state index in [1.54, 1.807) is 0 Å². The van der Waals surface area contributed by atoms with Gasteiger partial charge in [0, 0.05) is 0 Å². The zero-order chi connectivity index (χ0) is 11.7. The van der Waals surface area contributed by atoms with Gasteiger partial charge in [0.25, 0.3) is 5.92 Å². The van der Waals surface area contributed by atoms with Gasteiger partial charge in [-0.2, -0.15) is 0 Å². The Kier molecular flexibility index (Phi) is 3.09. The zero-order valence-corrected chi connectivity index (χ0v) is 8.73. The highest BCUT2D eigenvalue weighted by molar-refractivity contribution is 5.27. The maximum absolute atomic E-state index is 13.5. The summed E-state index contributed by atoms with van der Waals surface area (Å²) in [6, 6.07) is 5.06. The van der Waals surface area contributed by atoms with Gasteiger partial charge < -0.3 is 5.73 Å². The first kappa shape index (κ1) is 12.0. The zero-order valence-electron chi connectivity index (χ0n) is 8.73. The Morgan fingerprint density at radius 3 is 2.00 bits per heavy atom. The normalized spacial score (nSPS) is 12.9. The van der Waals surface area contributed by atoms with Gasteiger partial charge in [-0.1, -0.05) is 12.1 Å². The highest BCUT2D eigenvalue weighted by Gasteiger charge is 2.46. The Balaban J connectivity index is 3.10. The Morgan fingerprint density at radius 2 is 1.60 bits per heavy atom. The lowest BCUT2D eigenvalue weighted by molar-refractivity contribution is -0.0560. The Labute approximate surface area is 87.1 Å². The summed E-state index contributed by atoms with van der Waals surface area (Å²) in [7, 11) is 0. The van der Waals surface area contributed by atoms with E-state index in [1.165, 1.54) is 38.1 Å². The van der Waals surface area contributed by atoms with Crippen LogP contribution in [0, 0.1) is 5.82 Å². The molecule has 0 aromatic heterocycles. The molecule has 0 bridgehead atoms. The second-order valence-corrected chi connectivity index (χ2v) is 4.04. The second kappa shape index (κ2) is 3.85. The van der Waals surface area contributed by atoms with E-state index >= 15 is 0 Å². The number of halogens is 3. The molecular formula is C11H14F3N. The van der Waals surface area contributed by atoms with Crippen LogP contribution in [0.1, 0.15) is 19.4 Å². The predicted octanol–water partition coefficient (Wildman–Crippen LogP) is 2.70. The van der Waals surface area contributed by atoms with Crippen LogP contribution in [0.4, 0.5) is 13.2 Å². The summed E-state index contributed by atoms with van der Waals surface area (Å²) in [6.07, 6.45) is 0. The molecule has 0 aliphatic carbocycles. The van der Waals surface area contributed by atoms with Crippen molar-refractivity contribution in [3.05, 3.63) is 35.6 Å². The smallest absolute Gasteiger partial charge is 0.269 e. The van der Waals surface area contributed by atoms with Crippen molar-refractivity contribution < 1.29 is 13.2 Å². The second-order valence-electron chi connectivity index (χ2n) is 4.04. The van der Waals surface area contributed by atoms with Crippen LogP contribution in [-0.2, 0) is 5.41 Å².